The Labute approximate surface area is 173 Å². The number of hydrogen-bond acceptors (Lipinski definition) is 5. The average molecular weight is 412 g/mol. The molecular weight excluding hydrogens is 386 g/mol. The maximum atomic E-state index is 13.0. The van der Waals surface area contributed by atoms with Crippen molar-refractivity contribution in [3.63, 3.8) is 0 Å². The highest BCUT2D eigenvalue weighted by atomic mass is 32.1. The molecule has 152 valence electrons. The van der Waals surface area contributed by atoms with Gasteiger partial charge in [-0.3, -0.25) is 14.2 Å². The van der Waals surface area contributed by atoms with Crippen molar-refractivity contribution in [2.24, 2.45) is 11.8 Å². The molecule has 0 aliphatic carbocycles. The van der Waals surface area contributed by atoms with Crippen LogP contribution in [-0.4, -0.2) is 40.6 Å². The number of fused-ring (bicyclic) bond motifs is 1. The van der Waals surface area contributed by atoms with Gasteiger partial charge in [-0.1, -0.05) is 13.8 Å². The molecule has 0 saturated carbocycles. The Morgan fingerprint density at radius 3 is 2.55 bits per heavy atom. The smallest absolute Gasteiger partial charge is 0.271 e. The lowest BCUT2D eigenvalue weighted by Gasteiger charge is -2.35. The minimum absolute atomic E-state index is 0.0152. The first-order valence-electron chi connectivity index (χ1n) is 9.85. The average Bonchev–Trinajstić information content (AvgIpc) is 3.14. The van der Waals surface area contributed by atoms with Crippen molar-refractivity contribution in [3.8, 4) is 16.2 Å². The molecule has 1 saturated heterocycles. The summed E-state index contributed by atoms with van der Waals surface area (Å²) >= 11 is 1.41. The van der Waals surface area contributed by atoms with Crippen LogP contribution in [0.2, 0.25) is 0 Å². The standard InChI is InChI=1S/C22H25N3O3S/c1-14-8-15(2)11-24(10-14)20(26)12-25-13-23-18-9-19(29-21(18)22(25)27)16-4-6-17(28-3)7-5-16/h4-7,9,13-15H,8,10-12H2,1-3H3. The van der Waals surface area contributed by atoms with Crippen molar-refractivity contribution in [3.05, 3.63) is 47.0 Å². The number of carbonyl (C=O) groups excluding carboxylic acids is 1. The van der Waals surface area contributed by atoms with E-state index in [1.165, 1.54) is 22.2 Å². The minimum atomic E-state index is -0.161. The normalized spacial score (nSPS) is 19.5. The van der Waals surface area contributed by atoms with Crippen LogP contribution in [0.4, 0.5) is 0 Å². The van der Waals surface area contributed by atoms with Gasteiger partial charge in [-0.05, 0) is 54.2 Å². The summed E-state index contributed by atoms with van der Waals surface area (Å²) in [5, 5.41) is 0. The second kappa shape index (κ2) is 7.99. The number of piperidine rings is 1. The Morgan fingerprint density at radius 2 is 1.90 bits per heavy atom. The van der Waals surface area contributed by atoms with E-state index in [-0.39, 0.29) is 18.0 Å². The largest absolute Gasteiger partial charge is 0.497 e. The topological polar surface area (TPSA) is 64.4 Å². The van der Waals surface area contributed by atoms with Crippen LogP contribution in [-0.2, 0) is 11.3 Å². The number of amides is 1. The summed E-state index contributed by atoms with van der Waals surface area (Å²) in [5.74, 6) is 1.75. The first-order chi connectivity index (χ1) is 13.9. The van der Waals surface area contributed by atoms with E-state index in [4.69, 9.17) is 4.74 Å². The van der Waals surface area contributed by atoms with Gasteiger partial charge < -0.3 is 9.64 Å². The van der Waals surface area contributed by atoms with Crippen molar-refractivity contribution in [2.45, 2.75) is 26.8 Å². The SMILES string of the molecule is COc1ccc(-c2cc3ncn(CC(=O)N4CC(C)CC(C)C4)c(=O)c3s2)cc1. The molecule has 6 nitrogen and oxygen atoms in total. The number of nitrogens with zero attached hydrogens (tertiary/aromatic N) is 3. The van der Waals surface area contributed by atoms with E-state index in [1.54, 1.807) is 7.11 Å². The summed E-state index contributed by atoms with van der Waals surface area (Å²) in [7, 11) is 1.63. The lowest BCUT2D eigenvalue weighted by molar-refractivity contribution is -0.134. The van der Waals surface area contributed by atoms with Gasteiger partial charge >= 0.3 is 0 Å². The highest BCUT2D eigenvalue weighted by Crippen LogP contribution is 2.31. The molecule has 0 N–H and O–H groups in total. The van der Waals surface area contributed by atoms with Crippen LogP contribution in [0, 0.1) is 11.8 Å². The Morgan fingerprint density at radius 1 is 1.21 bits per heavy atom. The summed E-state index contributed by atoms with van der Waals surface area (Å²) in [5.41, 5.74) is 1.51. The zero-order chi connectivity index (χ0) is 20.5. The molecule has 2 unspecified atom stereocenters. The zero-order valence-corrected chi connectivity index (χ0v) is 17.7. The molecule has 0 spiro atoms. The number of likely N-dealkylation sites (tertiary alicyclic amines) is 1. The van der Waals surface area contributed by atoms with Crippen LogP contribution < -0.4 is 10.3 Å². The van der Waals surface area contributed by atoms with E-state index in [9.17, 15) is 9.59 Å². The van der Waals surface area contributed by atoms with Gasteiger partial charge in [-0.15, -0.1) is 11.3 Å². The van der Waals surface area contributed by atoms with E-state index >= 15 is 0 Å². The summed E-state index contributed by atoms with van der Waals surface area (Å²) in [6.45, 7) is 5.89. The van der Waals surface area contributed by atoms with Crippen molar-refractivity contribution in [2.75, 3.05) is 20.2 Å². The van der Waals surface area contributed by atoms with Crippen molar-refractivity contribution < 1.29 is 9.53 Å². The molecule has 3 aromatic rings. The minimum Gasteiger partial charge on any atom is -0.497 e. The molecule has 1 aliphatic heterocycles. The zero-order valence-electron chi connectivity index (χ0n) is 16.9. The van der Waals surface area contributed by atoms with Gasteiger partial charge in [0, 0.05) is 18.0 Å². The Kier molecular flexibility index (Phi) is 5.41. The van der Waals surface area contributed by atoms with Gasteiger partial charge in [0.15, 0.2) is 0 Å². The fourth-order valence-corrected chi connectivity index (χ4v) is 5.13. The lowest BCUT2D eigenvalue weighted by Crippen LogP contribution is -2.44. The maximum absolute atomic E-state index is 13.0. The molecule has 0 bridgehead atoms. The molecule has 2 atom stereocenters. The summed E-state index contributed by atoms with van der Waals surface area (Å²) in [4.78, 5) is 33.0. The van der Waals surface area contributed by atoms with E-state index in [2.05, 4.69) is 18.8 Å². The highest BCUT2D eigenvalue weighted by Gasteiger charge is 2.25. The van der Waals surface area contributed by atoms with E-state index in [0.29, 0.717) is 22.1 Å². The lowest BCUT2D eigenvalue weighted by atomic mass is 9.92. The fraction of sp³-hybridized carbons (Fsp3) is 0.409. The molecule has 7 heteroatoms. The number of ether oxygens (including phenoxy) is 1. The van der Waals surface area contributed by atoms with E-state index in [0.717, 1.165) is 35.7 Å². The number of aromatic nitrogens is 2. The molecule has 1 fully saturated rings. The predicted octanol–water partition coefficient (Wildman–Crippen LogP) is 3.64. The van der Waals surface area contributed by atoms with E-state index in [1.807, 2.05) is 35.2 Å². The highest BCUT2D eigenvalue weighted by molar-refractivity contribution is 7.22. The molecular formula is C22H25N3O3S. The van der Waals surface area contributed by atoms with Crippen LogP contribution >= 0.6 is 11.3 Å². The first kappa shape index (κ1) is 19.6. The molecule has 2 aromatic heterocycles. The summed E-state index contributed by atoms with van der Waals surface area (Å²) < 4.78 is 7.21. The Balaban J connectivity index is 1.59. The molecule has 4 rings (SSSR count). The quantitative estimate of drug-likeness (QED) is 0.658. The Bertz CT molecular complexity index is 1080. The second-order valence-electron chi connectivity index (χ2n) is 7.98. The van der Waals surface area contributed by atoms with Gasteiger partial charge in [0.1, 0.15) is 17.0 Å². The maximum Gasteiger partial charge on any atom is 0.271 e. The van der Waals surface area contributed by atoms with Crippen molar-refractivity contribution in [1.82, 2.24) is 14.5 Å². The number of hydrogen-bond donors (Lipinski definition) is 0. The van der Waals surface area contributed by atoms with Crippen LogP contribution in [0.3, 0.4) is 0 Å². The molecule has 3 heterocycles. The third-order valence-corrected chi connectivity index (χ3v) is 6.57. The molecule has 1 aliphatic rings. The summed E-state index contributed by atoms with van der Waals surface area (Å²) in [6, 6.07) is 9.63. The van der Waals surface area contributed by atoms with Crippen LogP contribution in [0.25, 0.3) is 20.7 Å². The van der Waals surface area contributed by atoms with Crippen molar-refractivity contribution >= 4 is 27.5 Å². The van der Waals surface area contributed by atoms with Gasteiger partial charge in [-0.2, -0.15) is 0 Å². The molecule has 1 amide bonds. The third-order valence-electron chi connectivity index (χ3n) is 5.41. The van der Waals surface area contributed by atoms with Crippen LogP contribution in [0.15, 0.2) is 41.5 Å². The van der Waals surface area contributed by atoms with Gasteiger partial charge in [0.05, 0.1) is 19.0 Å². The molecule has 29 heavy (non-hydrogen) atoms. The van der Waals surface area contributed by atoms with E-state index < -0.39 is 0 Å². The van der Waals surface area contributed by atoms with Gasteiger partial charge in [-0.25, -0.2) is 4.98 Å². The number of rotatable bonds is 4. The number of carbonyl (C=O) groups is 1. The Hall–Kier alpha value is -2.67. The van der Waals surface area contributed by atoms with Crippen LogP contribution in [0.1, 0.15) is 20.3 Å². The third kappa shape index (κ3) is 4.05. The molecule has 1 aromatic carbocycles. The monoisotopic (exact) mass is 411 g/mol. The summed E-state index contributed by atoms with van der Waals surface area (Å²) in [6.07, 6.45) is 2.63. The van der Waals surface area contributed by atoms with Crippen molar-refractivity contribution in [1.29, 1.82) is 0 Å². The fourth-order valence-electron chi connectivity index (χ4n) is 4.07. The second-order valence-corrected chi connectivity index (χ2v) is 9.03. The van der Waals surface area contributed by atoms with Gasteiger partial charge in [0.25, 0.3) is 5.56 Å². The predicted molar refractivity (Wildman–Crippen MR) is 115 cm³/mol. The number of benzene rings is 1. The first-order valence-corrected chi connectivity index (χ1v) is 10.7. The molecule has 0 radical (unpaired) electrons. The number of methoxy groups -OCH3 is 1. The van der Waals surface area contributed by atoms with Gasteiger partial charge in [0.2, 0.25) is 5.91 Å². The number of thiophene rings is 1. The van der Waals surface area contributed by atoms with Crippen LogP contribution in [0.5, 0.6) is 5.75 Å².